The molecule has 2 saturated heterocycles. The molecule has 3 heterocycles. The van der Waals surface area contributed by atoms with E-state index >= 15 is 0 Å². The van der Waals surface area contributed by atoms with Gasteiger partial charge in [-0.05, 0) is 25.1 Å². The number of aliphatic hydroxyl groups excluding tert-OH is 6. The summed E-state index contributed by atoms with van der Waals surface area (Å²) in [7, 11) is 0. The summed E-state index contributed by atoms with van der Waals surface area (Å²) in [6.45, 7) is 0.541. The fourth-order valence-corrected chi connectivity index (χ4v) is 4.92. The van der Waals surface area contributed by atoms with Gasteiger partial charge in [0, 0.05) is 17.7 Å². The molecular formula is C27H30O16. The second-order valence-corrected chi connectivity index (χ2v) is 10.2. The highest BCUT2D eigenvalue weighted by Gasteiger charge is 2.51. The van der Waals surface area contributed by atoms with E-state index in [-0.39, 0.29) is 11.1 Å². The standard InChI is InChI=1S/C27H30O16/c1-8-17(33)20(36)22(38)26(39-8)43-25-21(37)18(34)15(7-28)41-27(25)42-24-19(35)16-13(32)5-10(29)6-14(16)40-23(24)9-2-3-11(30)12(31)4-9/h2-6,8,15,17-18,20-22,25-34,36-38H,7H2,1H3/t8-,15+,17-,18+,20+,21-,22-,25-,26?,27?/m1/s1. The zero-order valence-corrected chi connectivity index (χ0v) is 22.3. The lowest BCUT2D eigenvalue weighted by Crippen LogP contribution is -2.64. The molecule has 234 valence electrons. The topological polar surface area (TPSA) is 269 Å². The normalized spacial score (nSPS) is 33.0. The maximum Gasteiger partial charge on any atom is 0.239 e. The van der Waals surface area contributed by atoms with E-state index in [1.807, 2.05) is 0 Å². The molecule has 2 unspecified atom stereocenters. The zero-order chi connectivity index (χ0) is 31.3. The summed E-state index contributed by atoms with van der Waals surface area (Å²) in [5.74, 6) is -3.40. The molecule has 0 aliphatic carbocycles. The lowest BCUT2D eigenvalue weighted by molar-refractivity contribution is -0.354. The molecule has 1 aromatic heterocycles. The van der Waals surface area contributed by atoms with E-state index in [2.05, 4.69) is 0 Å². The summed E-state index contributed by atoms with van der Waals surface area (Å²) in [6, 6.07) is 5.21. The average Bonchev–Trinajstić information content (AvgIpc) is 2.96. The van der Waals surface area contributed by atoms with Crippen LogP contribution in [0.3, 0.4) is 0 Å². The number of hydrogen-bond donors (Lipinski definition) is 10. The Morgan fingerprint density at radius 3 is 2.19 bits per heavy atom. The van der Waals surface area contributed by atoms with E-state index in [4.69, 9.17) is 23.4 Å². The smallest absolute Gasteiger partial charge is 0.239 e. The van der Waals surface area contributed by atoms with E-state index in [1.165, 1.54) is 13.0 Å². The SMILES string of the molecule is C[C@H]1OC(O[C@H]2C(Oc3c(-c4ccc(O)c(O)c4)oc4cc(O)cc(O)c4c3=O)O[C@@H](CO)[C@H](O)[C@H]2O)[C@H](O)[C@@H](O)[C@@H]1O. The van der Waals surface area contributed by atoms with Crippen molar-refractivity contribution >= 4 is 11.0 Å². The average molecular weight is 611 g/mol. The molecule has 2 aromatic carbocycles. The Balaban J connectivity index is 1.62. The highest BCUT2D eigenvalue weighted by Crippen LogP contribution is 2.40. The van der Waals surface area contributed by atoms with Gasteiger partial charge in [-0.3, -0.25) is 4.79 Å². The molecule has 0 spiro atoms. The van der Waals surface area contributed by atoms with Crippen LogP contribution >= 0.6 is 0 Å². The molecule has 43 heavy (non-hydrogen) atoms. The van der Waals surface area contributed by atoms with Crippen LogP contribution in [0, 0.1) is 0 Å². The molecule has 0 bridgehead atoms. The number of rotatable bonds is 6. The second kappa shape index (κ2) is 11.8. The second-order valence-electron chi connectivity index (χ2n) is 10.2. The fraction of sp³-hybridized carbons (Fsp3) is 0.444. The quantitative estimate of drug-likeness (QED) is 0.140. The predicted octanol–water partition coefficient (Wildman–Crippen LogP) is -1.69. The molecular weight excluding hydrogens is 580 g/mol. The molecule has 2 fully saturated rings. The monoisotopic (exact) mass is 610 g/mol. The number of phenols is 4. The van der Waals surface area contributed by atoms with E-state index in [0.717, 1.165) is 24.3 Å². The third kappa shape index (κ3) is 5.55. The van der Waals surface area contributed by atoms with Crippen molar-refractivity contribution in [2.24, 2.45) is 0 Å². The summed E-state index contributed by atoms with van der Waals surface area (Å²) >= 11 is 0. The van der Waals surface area contributed by atoms with Crippen LogP contribution in [0.1, 0.15) is 6.92 Å². The number of benzene rings is 2. The van der Waals surface area contributed by atoms with Gasteiger partial charge in [0.2, 0.25) is 17.5 Å². The van der Waals surface area contributed by atoms with Crippen molar-refractivity contribution in [1.82, 2.24) is 0 Å². The molecule has 2 aliphatic heterocycles. The molecule has 0 amide bonds. The van der Waals surface area contributed by atoms with Gasteiger partial charge in [-0.2, -0.15) is 0 Å². The number of hydrogen-bond acceptors (Lipinski definition) is 16. The van der Waals surface area contributed by atoms with Crippen LogP contribution in [-0.4, -0.2) is 119 Å². The van der Waals surface area contributed by atoms with Crippen LogP contribution in [-0.2, 0) is 14.2 Å². The first-order valence-corrected chi connectivity index (χ1v) is 13.0. The first-order valence-electron chi connectivity index (χ1n) is 13.0. The minimum absolute atomic E-state index is 0.0447. The molecule has 2 aliphatic rings. The molecule has 5 rings (SSSR count). The highest BCUT2D eigenvalue weighted by molar-refractivity contribution is 5.88. The maximum atomic E-state index is 13.7. The van der Waals surface area contributed by atoms with Crippen LogP contribution < -0.4 is 10.2 Å². The van der Waals surface area contributed by atoms with Gasteiger partial charge in [-0.25, -0.2) is 0 Å². The van der Waals surface area contributed by atoms with Gasteiger partial charge in [0.05, 0.1) is 12.7 Å². The molecule has 0 radical (unpaired) electrons. The van der Waals surface area contributed by atoms with Crippen molar-refractivity contribution in [3.63, 3.8) is 0 Å². The molecule has 10 N–H and O–H groups in total. The van der Waals surface area contributed by atoms with Crippen LogP contribution in [0.25, 0.3) is 22.3 Å². The Labute approximate surface area is 241 Å². The lowest BCUT2D eigenvalue weighted by atomic mass is 9.97. The summed E-state index contributed by atoms with van der Waals surface area (Å²) in [5.41, 5.74) is -1.39. The summed E-state index contributed by atoms with van der Waals surface area (Å²) < 4.78 is 28.3. The van der Waals surface area contributed by atoms with Crippen molar-refractivity contribution < 1.29 is 74.4 Å². The van der Waals surface area contributed by atoms with Crippen LogP contribution in [0.5, 0.6) is 28.7 Å². The first kappa shape index (κ1) is 30.7. The minimum atomic E-state index is -1.91. The van der Waals surface area contributed by atoms with Crippen molar-refractivity contribution in [3.05, 3.63) is 40.6 Å². The Bertz CT molecular complexity index is 1540. The van der Waals surface area contributed by atoms with Gasteiger partial charge in [-0.1, -0.05) is 0 Å². The Hall–Kier alpha value is -3.71. The van der Waals surface area contributed by atoms with Crippen molar-refractivity contribution in [1.29, 1.82) is 0 Å². The largest absolute Gasteiger partial charge is 0.508 e. The van der Waals surface area contributed by atoms with Gasteiger partial charge in [-0.15, -0.1) is 0 Å². The third-order valence-corrected chi connectivity index (χ3v) is 7.31. The fourth-order valence-electron chi connectivity index (χ4n) is 4.92. The Kier molecular flexibility index (Phi) is 8.41. The van der Waals surface area contributed by atoms with Crippen LogP contribution in [0.2, 0.25) is 0 Å². The zero-order valence-electron chi connectivity index (χ0n) is 22.3. The van der Waals surface area contributed by atoms with Crippen molar-refractivity contribution in [2.45, 2.75) is 68.3 Å². The Morgan fingerprint density at radius 1 is 0.791 bits per heavy atom. The van der Waals surface area contributed by atoms with E-state index < -0.39 is 113 Å². The van der Waals surface area contributed by atoms with Crippen LogP contribution in [0.15, 0.2) is 39.5 Å². The van der Waals surface area contributed by atoms with E-state index in [9.17, 15) is 55.9 Å². The van der Waals surface area contributed by atoms with Crippen molar-refractivity contribution in [2.75, 3.05) is 6.61 Å². The Morgan fingerprint density at radius 2 is 1.51 bits per heavy atom. The predicted molar refractivity (Wildman–Crippen MR) is 140 cm³/mol. The maximum absolute atomic E-state index is 13.7. The third-order valence-electron chi connectivity index (χ3n) is 7.31. The molecule has 3 aromatic rings. The number of ether oxygens (including phenoxy) is 4. The summed E-state index contributed by atoms with van der Waals surface area (Å²) in [4.78, 5) is 13.7. The van der Waals surface area contributed by atoms with Gasteiger partial charge in [0.15, 0.2) is 29.7 Å². The van der Waals surface area contributed by atoms with Gasteiger partial charge < -0.3 is 74.4 Å². The van der Waals surface area contributed by atoms with E-state index in [1.54, 1.807) is 0 Å². The molecule has 0 saturated carbocycles. The minimum Gasteiger partial charge on any atom is -0.508 e. The van der Waals surface area contributed by atoms with Crippen molar-refractivity contribution in [3.8, 4) is 40.1 Å². The van der Waals surface area contributed by atoms with Gasteiger partial charge in [0.25, 0.3) is 0 Å². The van der Waals surface area contributed by atoms with Crippen LogP contribution in [0.4, 0.5) is 0 Å². The molecule has 10 atom stereocenters. The number of aliphatic hydroxyl groups is 6. The molecule has 16 heteroatoms. The highest BCUT2D eigenvalue weighted by atomic mass is 16.8. The van der Waals surface area contributed by atoms with Gasteiger partial charge in [0.1, 0.15) is 59.1 Å². The summed E-state index contributed by atoms with van der Waals surface area (Å²) in [6.07, 6.45) is -16.7. The van der Waals surface area contributed by atoms with E-state index in [0.29, 0.717) is 0 Å². The number of phenolic OH excluding ortho intramolecular Hbond substituents is 4. The lowest BCUT2D eigenvalue weighted by Gasteiger charge is -2.45. The number of aromatic hydroxyl groups is 4. The number of fused-ring (bicyclic) bond motifs is 1. The summed E-state index contributed by atoms with van der Waals surface area (Å²) in [5, 5.41) is 102. The first-order chi connectivity index (χ1) is 20.3. The van der Waals surface area contributed by atoms with Gasteiger partial charge >= 0.3 is 0 Å². The molecule has 16 nitrogen and oxygen atoms in total.